The first kappa shape index (κ1) is 19.8. The van der Waals surface area contributed by atoms with Crippen LogP contribution >= 0.6 is 23.4 Å². The molecule has 2 aromatic carbocycles. The number of rotatable bonds is 8. The number of hydrogen-bond acceptors (Lipinski definition) is 5. The largest absolute Gasteiger partial charge is 0.495 e. The van der Waals surface area contributed by atoms with Gasteiger partial charge in [-0.1, -0.05) is 35.5 Å². The van der Waals surface area contributed by atoms with E-state index in [2.05, 4.69) is 23.3 Å². The van der Waals surface area contributed by atoms with Gasteiger partial charge in [-0.2, -0.15) is 0 Å². The number of halogens is 1. The smallest absolute Gasteiger partial charge is 0.135 e. The highest BCUT2D eigenvalue weighted by atomic mass is 35.5. The van der Waals surface area contributed by atoms with E-state index in [1.54, 1.807) is 18.9 Å². The summed E-state index contributed by atoms with van der Waals surface area (Å²) in [4.78, 5) is 6.62. The van der Waals surface area contributed by atoms with Gasteiger partial charge < -0.3 is 15.8 Å². The Morgan fingerprint density at radius 3 is 2.81 bits per heavy atom. The number of hydrogen-bond donors (Lipinski definition) is 2. The number of anilines is 1. The van der Waals surface area contributed by atoms with Gasteiger partial charge in [0.1, 0.15) is 5.75 Å². The number of pyridine rings is 1. The maximum absolute atomic E-state index is 6.37. The average Bonchev–Trinajstić information content (AvgIpc) is 2.69. The first-order valence-electron chi connectivity index (χ1n) is 8.98. The van der Waals surface area contributed by atoms with Crippen molar-refractivity contribution in [1.29, 1.82) is 0 Å². The predicted molar refractivity (Wildman–Crippen MR) is 115 cm³/mol. The molecule has 0 bridgehead atoms. The highest BCUT2D eigenvalue weighted by molar-refractivity contribution is 7.99. The van der Waals surface area contributed by atoms with Gasteiger partial charge in [-0.05, 0) is 50.6 Å². The highest BCUT2D eigenvalue weighted by Crippen LogP contribution is 2.44. The fourth-order valence-corrected chi connectivity index (χ4v) is 4.27. The van der Waals surface area contributed by atoms with Crippen LogP contribution in [-0.4, -0.2) is 24.7 Å². The summed E-state index contributed by atoms with van der Waals surface area (Å²) in [6, 6.07) is 14.1. The number of fused-ring (bicyclic) bond motifs is 1. The first-order chi connectivity index (χ1) is 13.1. The van der Waals surface area contributed by atoms with Gasteiger partial charge in [0.05, 0.1) is 28.2 Å². The molecule has 0 radical (unpaired) electrons. The molecule has 0 aliphatic carbocycles. The van der Waals surface area contributed by atoms with Crippen molar-refractivity contribution in [1.82, 2.24) is 4.98 Å². The average molecular weight is 402 g/mol. The van der Waals surface area contributed by atoms with Gasteiger partial charge in [-0.25, -0.2) is 0 Å². The Morgan fingerprint density at radius 2 is 2.07 bits per heavy atom. The lowest BCUT2D eigenvalue weighted by Gasteiger charge is -2.19. The van der Waals surface area contributed by atoms with Gasteiger partial charge in [-0.15, -0.1) is 0 Å². The Hall–Kier alpha value is -1.95. The lowest BCUT2D eigenvalue weighted by Crippen LogP contribution is -2.17. The van der Waals surface area contributed by atoms with Crippen molar-refractivity contribution in [2.24, 2.45) is 5.73 Å². The second kappa shape index (κ2) is 9.31. The van der Waals surface area contributed by atoms with E-state index in [9.17, 15) is 0 Å². The molecule has 142 valence electrons. The van der Waals surface area contributed by atoms with E-state index in [4.69, 9.17) is 22.1 Å². The maximum Gasteiger partial charge on any atom is 0.135 e. The molecule has 4 nitrogen and oxygen atoms in total. The maximum atomic E-state index is 6.37. The summed E-state index contributed by atoms with van der Waals surface area (Å²) in [5.41, 5.74) is 7.53. The second-order valence-electron chi connectivity index (χ2n) is 6.36. The lowest BCUT2D eigenvalue weighted by atomic mass is 10.1. The van der Waals surface area contributed by atoms with Crippen LogP contribution in [-0.2, 0) is 0 Å². The number of ether oxygens (including phenoxy) is 1. The topological polar surface area (TPSA) is 60.2 Å². The molecule has 1 atom stereocenters. The van der Waals surface area contributed by atoms with Gasteiger partial charge in [0.2, 0.25) is 0 Å². The van der Waals surface area contributed by atoms with E-state index in [1.165, 1.54) is 0 Å². The van der Waals surface area contributed by atoms with Crippen LogP contribution in [0.25, 0.3) is 10.9 Å². The number of methoxy groups -OCH3 is 1. The van der Waals surface area contributed by atoms with E-state index in [-0.39, 0.29) is 0 Å². The third kappa shape index (κ3) is 4.67. The monoisotopic (exact) mass is 401 g/mol. The zero-order valence-electron chi connectivity index (χ0n) is 15.5. The van der Waals surface area contributed by atoms with E-state index in [0.29, 0.717) is 12.6 Å². The van der Waals surface area contributed by atoms with Crippen LogP contribution in [0.3, 0.4) is 0 Å². The summed E-state index contributed by atoms with van der Waals surface area (Å²) >= 11 is 7.96. The van der Waals surface area contributed by atoms with Crippen LogP contribution < -0.4 is 15.8 Å². The van der Waals surface area contributed by atoms with Crippen LogP contribution in [0.15, 0.2) is 58.5 Å². The molecule has 0 aliphatic rings. The molecule has 0 aliphatic heterocycles. The Labute approximate surface area is 169 Å². The van der Waals surface area contributed by atoms with Crippen molar-refractivity contribution >= 4 is 40.0 Å². The summed E-state index contributed by atoms with van der Waals surface area (Å²) in [5, 5.41) is 5.32. The molecule has 27 heavy (non-hydrogen) atoms. The Kier molecular flexibility index (Phi) is 6.83. The third-order valence-electron chi connectivity index (χ3n) is 4.32. The molecule has 3 N–H and O–H groups in total. The van der Waals surface area contributed by atoms with E-state index >= 15 is 0 Å². The fourth-order valence-electron chi connectivity index (χ4n) is 2.97. The summed E-state index contributed by atoms with van der Waals surface area (Å²) in [7, 11) is 1.69. The minimum absolute atomic E-state index is 0.297. The zero-order valence-corrected chi connectivity index (χ0v) is 17.1. The van der Waals surface area contributed by atoms with Crippen molar-refractivity contribution in [3.05, 3.63) is 53.7 Å². The van der Waals surface area contributed by atoms with Crippen LogP contribution in [0, 0.1) is 0 Å². The normalized spacial score (nSPS) is 12.1. The molecule has 3 aromatic rings. The van der Waals surface area contributed by atoms with Crippen molar-refractivity contribution in [3.8, 4) is 5.75 Å². The van der Waals surface area contributed by atoms with Gasteiger partial charge >= 0.3 is 0 Å². The molecule has 0 saturated carbocycles. The second-order valence-corrected chi connectivity index (χ2v) is 7.82. The number of nitrogens with one attached hydrogen (secondary N) is 1. The SMILES string of the molecule is COc1cc(NC(C)CCCN)c2ncccc2c1Sc1ccccc1Cl. The zero-order chi connectivity index (χ0) is 19.2. The lowest BCUT2D eigenvalue weighted by molar-refractivity contribution is 0.406. The Morgan fingerprint density at radius 1 is 1.26 bits per heavy atom. The third-order valence-corrected chi connectivity index (χ3v) is 5.96. The summed E-state index contributed by atoms with van der Waals surface area (Å²) < 4.78 is 5.72. The fraction of sp³-hybridized carbons (Fsp3) is 0.286. The Bertz CT molecular complexity index is 919. The summed E-state index contributed by atoms with van der Waals surface area (Å²) in [6.07, 6.45) is 3.80. The number of nitrogens with two attached hydrogens (primary N) is 1. The number of benzene rings is 2. The molecule has 0 spiro atoms. The molecule has 1 unspecified atom stereocenters. The van der Waals surface area contributed by atoms with E-state index < -0.39 is 0 Å². The standard InChI is InChI=1S/C21H24ClN3OS/c1-14(7-5-11-23)25-17-13-18(26-2)21(15-8-6-12-24-20(15)17)27-19-10-4-3-9-16(19)22/h3-4,6,8-10,12-14,25H,5,7,11,23H2,1-2H3. The molecular weight excluding hydrogens is 378 g/mol. The van der Waals surface area contributed by atoms with Gasteiger partial charge in [0.15, 0.2) is 0 Å². The number of aromatic nitrogens is 1. The molecule has 0 fully saturated rings. The molecule has 0 saturated heterocycles. The van der Waals surface area contributed by atoms with Crippen molar-refractivity contribution in [3.63, 3.8) is 0 Å². The van der Waals surface area contributed by atoms with Crippen LogP contribution in [0.4, 0.5) is 5.69 Å². The molecule has 0 amide bonds. The van der Waals surface area contributed by atoms with Gasteiger partial charge in [-0.3, -0.25) is 4.98 Å². The van der Waals surface area contributed by atoms with Gasteiger partial charge in [0.25, 0.3) is 0 Å². The minimum Gasteiger partial charge on any atom is -0.495 e. The minimum atomic E-state index is 0.297. The van der Waals surface area contributed by atoms with Crippen molar-refractivity contribution < 1.29 is 4.74 Å². The van der Waals surface area contributed by atoms with Crippen LogP contribution in [0.5, 0.6) is 5.75 Å². The molecule has 6 heteroatoms. The van der Waals surface area contributed by atoms with E-state index in [1.807, 2.05) is 42.6 Å². The van der Waals surface area contributed by atoms with Crippen LogP contribution in [0.1, 0.15) is 19.8 Å². The quantitative estimate of drug-likeness (QED) is 0.515. The highest BCUT2D eigenvalue weighted by Gasteiger charge is 2.17. The molecule has 3 rings (SSSR count). The van der Waals surface area contributed by atoms with Crippen LogP contribution in [0.2, 0.25) is 5.02 Å². The van der Waals surface area contributed by atoms with Crippen molar-refractivity contribution in [2.75, 3.05) is 19.0 Å². The predicted octanol–water partition coefficient (Wildman–Crippen LogP) is 5.59. The molecule has 1 aromatic heterocycles. The molecular formula is C21H24ClN3OS. The summed E-state index contributed by atoms with van der Waals surface area (Å²) in [6.45, 7) is 2.85. The number of nitrogens with zero attached hydrogens (tertiary/aromatic N) is 1. The van der Waals surface area contributed by atoms with Crippen molar-refractivity contribution in [2.45, 2.75) is 35.6 Å². The Balaban J connectivity index is 2.04. The summed E-state index contributed by atoms with van der Waals surface area (Å²) in [5.74, 6) is 0.800. The van der Waals surface area contributed by atoms with E-state index in [0.717, 1.165) is 50.0 Å². The van der Waals surface area contributed by atoms with Gasteiger partial charge in [0, 0.05) is 28.6 Å². The first-order valence-corrected chi connectivity index (χ1v) is 10.2. The molecule has 1 heterocycles.